The molecule has 140 valence electrons. The number of carbonyl (C=O) groups excluding carboxylic acids is 1. The fraction of sp³-hybridized carbons (Fsp3) is 0.588. The van der Waals surface area contributed by atoms with Crippen molar-refractivity contribution in [3.63, 3.8) is 0 Å². The summed E-state index contributed by atoms with van der Waals surface area (Å²) < 4.78 is 31.1. The van der Waals surface area contributed by atoms with E-state index < -0.39 is 10.0 Å². The number of piperidine rings is 1. The van der Waals surface area contributed by atoms with E-state index in [0.29, 0.717) is 18.3 Å². The molecule has 1 heterocycles. The molecule has 1 saturated heterocycles. The molecule has 7 nitrogen and oxygen atoms in total. The molecule has 1 fully saturated rings. The summed E-state index contributed by atoms with van der Waals surface area (Å²) >= 11 is 0. The summed E-state index contributed by atoms with van der Waals surface area (Å²) in [5, 5.41) is 2.79. The van der Waals surface area contributed by atoms with Crippen molar-refractivity contribution in [2.75, 3.05) is 39.6 Å². The molecule has 0 saturated carbocycles. The second kappa shape index (κ2) is 8.16. The lowest BCUT2D eigenvalue weighted by atomic mass is 10.0. The molecule has 1 aliphatic heterocycles. The van der Waals surface area contributed by atoms with Crippen LogP contribution >= 0.6 is 0 Å². The van der Waals surface area contributed by atoms with Crippen LogP contribution in [0.1, 0.15) is 26.2 Å². The van der Waals surface area contributed by atoms with Crippen LogP contribution < -0.4 is 10.1 Å². The monoisotopic (exact) mass is 369 g/mol. The number of carbonyl (C=O) groups is 1. The van der Waals surface area contributed by atoms with Gasteiger partial charge in [0.2, 0.25) is 15.9 Å². The number of anilines is 1. The SMILES string of the molecule is COc1ccc(NC(=O)CN2CCCC[C@H]2C)cc1S(=O)(=O)N(C)C. The molecule has 0 bridgehead atoms. The number of nitrogens with zero attached hydrogens (tertiary/aromatic N) is 2. The Morgan fingerprint density at radius 2 is 2.08 bits per heavy atom. The predicted octanol–water partition coefficient (Wildman–Crippen LogP) is 1.76. The molecule has 2 rings (SSSR count). The molecule has 0 unspecified atom stereocenters. The zero-order chi connectivity index (χ0) is 18.6. The van der Waals surface area contributed by atoms with E-state index in [0.717, 1.165) is 23.7 Å². The molecular weight excluding hydrogens is 342 g/mol. The average Bonchev–Trinajstić information content (AvgIpc) is 2.56. The third kappa shape index (κ3) is 4.71. The Morgan fingerprint density at radius 1 is 1.36 bits per heavy atom. The summed E-state index contributed by atoms with van der Waals surface area (Å²) in [5.74, 6) is 0.100. The molecule has 1 aromatic carbocycles. The van der Waals surface area contributed by atoms with E-state index in [1.807, 2.05) is 0 Å². The van der Waals surface area contributed by atoms with E-state index in [1.54, 1.807) is 12.1 Å². The van der Waals surface area contributed by atoms with Gasteiger partial charge in [-0.05, 0) is 44.5 Å². The Labute approximate surface area is 150 Å². The van der Waals surface area contributed by atoms with Crippen molar-refractivity contribution in [2.45, 2.75) is 37.1 Å². The molecule has 1 atom stereocenters. The Hall–Kier alpha value is -1.64. The van der Waals surface area contributed by atoms with Crippen LogP contribution in [0.25, 0.3) is 0 Å². The lowest BCUT2D eigenvalue weighted by Crippen LogP contribution is -2.42. The molecular formula is C17H27N3O4S. The van der Waals surface area contributed by atoms with Gasteiger partial charge in [-0.15, -0.1) is 0 Å². The molecule has 1 amide bonds. The topological polar surface area (TPSA) is 79.0 Å². The highest BCUT2D eigenvalue weighted by molar-refractivity contribution is 7.89. The molecule has 1 aliphatic rings. The fourth-order valence-corrected chi connectivity index (χ4v) is 4.01. The van der Waals surface area contributed by atoms with Crippen LogP contribution in [0.3, 0.4) is 0 Å². The van der Waals surface area contributed by atoms with Crippen LogP contribution in [-0.2, 0) is 14.8 Å². The summed E-state index contributed by atoms with van der Waals surface area (Å²) in [5.41, 5.74) is 0.441. The number of hydrogen-bond acceptors (Lipinski definition) is 5. The Bertz CT molecular complexity index is 719. The molecule has 0 spiro atoms. The van der Waals surface area contributed by atoms with Crippen LogP contribution in [0.2, 0.25) is 0 Å². The van der Waals surface area contributed by atoms with Gasteiger partial charge in [0.1, 0.15) is 10.6 Å². The van der Waals surface area contributed by atoms with Gasteiger partial charge in [-0.3, -0.25) is 9.69 Å². The number of nitrogens with one attached hydrogen (secondary N) is 1. The van der Waals surface area contributed by atoms with Gasteiger partial charge in [-0.1, -0.05) is 6.42 Å². The van der Waals surface area contributed by atoms with Crippen molar-refractivity contribution in [3.8, 4) is 5.75 Å². The highest BCUT2D eigenvalue weighted by Gasteiger charge is 2.24. The fourth-order valence-electron chi connectivity index (χ4n) is 2.93. The number of rotatable bonds is 6. The van der Waals surface area contributed by atoms with Crippen molar-refractivity contribution in [3.05, 3.63) is 18.2 Å². The van der Waals surface area contributed by atoms with Gasteiger partial charge in [0.05, 0.1) is 13.7 Å². The highest BCUT2D eigenvalue weighted by atomic mass is 32.2. The quantitative estimate of drug-likeness (QED) is 0.827. The zero-order valence-corrected chi connectivity index (χ0v) is 16.1. The number of likely N-dealkylation sites (tertiary alicyclic amines) is 1. The van der Waals surface area contributed by atoms with E-state index >= 15 is 0 Å². The summed E-state index contributed by atoms with van der Waals surface area (Å²) in [4.78, 5) is 14.5. The molecule has 8 heteroatoms. The Kier molecular flexibility index (Phi) is 6.42. The second-order valence-corrected chi connectivity index (χ2v) is 8.64. The second-order valence-electron chi connectivity index (χ2n) is 6.52. The number of ether oxygens (including phenoxy) is 1. The number of methoxy groups -OCH3 is 1. The van der Waals surface area contributed by atoms with E-state index in [-0.39, 0.29) is 16.6 Å². The Morgan fingerprint density at radius 3 is 2.68 bits per heavy atom. The van der Waals surface area contributed by atoms with Crippen LogP contribution in [0.5, 0.6) is 5.75 Å². The van der Waals surface area contributed by atoms with Gasteiger partial charge in [0.25, 0.3) is 0 Å². The number of sulfonamides is 1. The minimum absolute atomic E-state index is 0.0316. The maximum Gasteiger partial charge on any atom is 0.246 e. The largest absolute Gasteiger partial charge is 0.495 e. The summed E-state index contributed by atoms with van der Waals surface area (Å²) in [7, 11) is 0.662. The smallest absolute Gasteiger partial charge is 0.246 e. The molecule has 0 radical (unpaired) electrons. The van der Waals surface area contributed by atoms with E-state index in [9.17, 15) is 13.2 Å². The van der Waals surface area contributed by atoms with E-state index in [4.69, 9.17) is 4.74 Å². The van der Waals surface area contributed by atoms with Crippen LogP contribution in [0.15, 0.2) is 23.1 Å². The Balaban J connectivity index is 2.16. The molecule has 0 aromatic heterocycles. The first kappa shape index (κ1) is 19.7. The highest BCUT2D eigenvalue weighted by Crippen LogP contribution is 2.29. The van der Waals surface area contributed by atoms with Gasteiger partial charge in [0.15, 0.2) is 0 Å². The third-order valence-corrected chi connectivity index (χ3v) is 6.33. The number of benzene rings is 1. The van der Waals surface area contributed by atoms with Gasteiger partial charge < -0.3 is 10.1 Å². The standard InChI is InChI=1S/C17H27N3O4S/c1-13-7-5-6-10-20(13)12-17(21)18-14-8-9-15(24-4)16(11-14)25(22,23)19(2)3/h8-9,11,13H,5-7,10,12H2,1-4H3,(H,18,21)/t13-/m1/s1. The maximum atomic E-state index is 12.4. The summed E-state index contributed by atoms with van der Waals surface area (Å²) in [6, 6.07) is 5.02. The number of hydrogen-bond donors (Lipinski definition) is 1. The van der Waals surface area contributed by atoms with Crippen molar-refractivity contribution in [1.29, 1.82) is 0 Å². The van der Waals surface area contributed by atoms with Gasteiger partial charge in [-0.25, -0.2) is 12.7 Å². The minimum Gasteiger partial charge on any atom is -0.495 e. The van der Waals surface area contributed by atoms with Crippen LogP contribution in [-0.4, -0.2) is 63.9 Å². The van der Waals surface area contributed by atoms with Gasteiger partial charge in [-0.2, -0.15) is 0 Å². The van der Waals surface area contributed by atoms with Crippen molar-refractivity contribution in [1.82, 2.24) is 9.21 Å². The molecule has 1 aromatic rings. The maximum absolute atomic E-state index is 12.4. The summed E-state index contributed by atoms with van der Waals surface area (Å²) in [6.07, 6.45) is 3.40. The third-order valence-electron chi connectivity index (χ3n) is 4.49. The zero-order valence-electron chi connectivity index (χ0n) is 15.3. The predicted molar refractivity (Wildman–Crippen MR) is 97.4 cm³/mol. The van der Waals surface area contributed by atoms with Gasteiger partial charge in [0, 0.05) is 25.8 Å². The first-order chi connectivity index (χ1) is 11.8. The van der Waals surface area contributed by atoms with E-state index in [1.165, 1.54) is 33.7 Å². The van der Waals surface area contributed by atoms with Crippen LogP contribution in [0, 0.1) is 0 Å². The van der Waals surface area contributed by atoms with Crippen molar-refractivity contribution in [2.24, 2.45) is 0 Å². The molecule has 1 N–H and O–H groups in total. The lowest BCUT2D eigenvalue weighted by Gasteiger charge is -2.32. The average molecular weight is 369 g/mol. The van der Waals surface area contributed by atoms with E-state index in [2.05, 4.69) is 17.1 Å². The molecule has 0 aliphatic carbocycles. The molecule has 25 heavy (non-hydrogen) atoms. The summed E-state index contributed by atoms with van der Waals surface area (Å²) in [6.45, 7) is 3.35. The number of amides is 1. The first-order valence-corrected chi connectivity index (χ1v) is 9.84. The van der Waals surface area contributed by atoms with Crippen LogP contribution in [0.4, 0.5) is 5.69 Å². The van der Waals surface area contributed by atoms with Crippen molar-refractivity contribution >= 4 is 21.6 Å². The van der Waals surface area contributed by atoms with Crippen molar-refractivity contribution < 1.29 is 17.9 Å². The first-order valence-electron chi connectivity index (χ1n) is 8.40. The minimum atomic E-state index is -3.67. The van der Waals surface area contributed by atoms with Gasteiger partial charge >= 0.3 is 0 Å². The lowest BCUT2D eigenvalue weighted by molar-refractivity contribution is -0.118. The normalized spacial score (nSPS) is 19.0.